The molecule has 0 saturated carbocycles. The Morgan fingerprint density at radius 1 is 1.24 bits per heavy atom. The SMILES string of the molecule is O=C(N/N=C\c1cc(Br)c(O)c(I)c1)c1ccccc1Br. The Hall–Kier alpha value is -0.930. The van der Waals surface area contributed by atoms with Gasteiger partial charge in [-0.2, -0.15) is 5.10 Å². The molecule has 21 heavy (non-hydrogen) atoms. The average Bonchev–Trinajstić information content (AvgIpc) is 2.45. The van der Waals surface area contributed by atoms with Crippen LogP contribution in [0.2, 0.25) is 0 Å². The molecular formula is C14H9Br2IN2O2. The molecular weight excluding hydrogens is 515 g/mol. The van der Waals surface area contributed by atoms with Crippen LogP contribution in [-0.2, 0) is 0 Å². The van der Waals surface area contributed by atoms with E-state index < -0.39 is 0 Å². The molecule has 0 aliphatic carbocycles. The fourth-order valence-electron chi connectivity index (χ4n) is 1.53. The third-order valence-corrected chi connectivity index (χ3v) is 4.66. The molecule has 4 nitrogen and oxygen atoms in total. The fraction of sp³-hybridized carbons (Fsp3) is 0. The number of hydrogen-bond donors (Lipinski definition) is 2. The maximum atomic E-state index is 11.9. The molecule has 0 radical (unpaired) electrons. The second-order valence-electron chi connectivity index (χ2n) is 4.01. The van der Waals surface area contributed by atoms with Crippen molar-refractivity contribution in [3.05, 3.63) is 60.0 Å². The highest BCUT2D eigenvalue weighted by Gasteiger charge is 2.08. The lowest BCUT2D eigenvalue weighted by molar-refractivity contribution is 0.0954. The molecule has 2 aromatic carbocycles. The van der Waals surface area contributed by atoms with Crippen LogP contribution in [-0.4, -0.2) is 17.2 Å². The number of phenols is 1. The first-order valence-corrected chi connectivity index (χ1v) is 8.41. The molecule has 0 aromatic heterocycles. The smallest absolute Gasteiger partial charge is 0.272 e. The van der Waals surface area contributed by atoms with Gasteiger partial charge >= 0.3 is 0 Å². The molecule has 2 rings (SSSR count). The Balaban J connectivity index is 2.10. The Morgan fingerprint density at radius 3 is 2.62 bits per heavy atom. The lowest BCUT2D eigenvalue weighted by Gasteiger charge is -2.03. The molecule has 0 unspecified atom stereocenters. The average molecular weight is 524 g/mol. The van der Waals surface area contributed by atoms with Gasteiger partial charge in [0.05, 0.1) is 19.8 Å². The van der Waals surface area contributed by atoms with Crippen LogP contribution in [0.1, 0.15) is 15.9 Å². The second kappa shape index (κ2) is 7.37. The standard InChI is InChI=1S/C14H9Br2IN2O2/c15-10-4-2-1-3-9(10)14(21)19-18-7-8-5-11(16)13(20)12(17)6-8/h1-7,20H,(H,19,21)/b18-7-. The van der Waals surface area contributed by atoms with E-state index in [9.17, 15) is 9.90 Å². The summed E-state index contributed by atoms with van der Waals surface area (Å²) in [7, 11) is 0. The summed E-state index contributed by atoms with van der Waals surface area (Å²) in [5, 5.41) is 13.6. The van der Waals surface area contributed by atoms with Gasteiger partial charge in [-0.05, 0) is 84.3 Å². The van der Waals surface area contributed by atoms with Crippen molar-refractivity contribution in [2.75, 3.05) is 0 Å². The summed E-state index contributed by atoms with van der Waals surface area (Å²) in [5.74, 6) is -0.115. The molecule has 0 bridgehead atoms. The number of carbonyl (C=O) groups is 1. The number of phenolic OH excluding ortho intramolecular Hbond substituents is 1. The van der Waals surface area contributed by atoms with Crippen LogP contribution in [0.3, 0.4) is 0 Å². The highest BCUT2D eigenvalue weighted by atomic mass is 127. The molecule has 0 fully saturated rings. The molecule has 0 aliphatic rings. The number of halogens is 3. The van der Waals surface area contributed by atoms with Crippen LogP contribution in [0.4, 0.5) is 0 Å². The lowest BCUT2D eigenvalue weighted by atomic mass is 10.2. The van der Waals surface area contributed by atoms with Gasteiger partial charge in [-0.15, -0.1) is 0 Å². The van der Waals surface area contributed by atoms with E-state index in [2.05, 4.69) is 42.4 Å². The van der Waals surface area contributed by atoms with E-state index >= 15 is 0 Å². The van der Waals surface area contributed by atoms with E-state index in [1.165, 1.54) is 6.21 Å². The van der Waals surface area contributed by atoms with Crippen molar-refractivity contribution in [1.29, 1.82) is 0 Å². The van der Waals surface area contributed by atoms with Crippen LogP contribution in [0.15, 0.2) is 50.4 Å². The second-order valence-corrected chi connectivity index (χ2v) is 6.88. The molecule has 2 N–H and O–H groups in total. The third kappa shape index (κ3) is 4.27. The van der Waals surface area contributed by atoms with E-state index in [1.54, 1.807) is 30.3 Å². The molecule has 0 saturated heterocycles. The first-order chi connectivity index (χ1) is 9.99. The largest absolute Gasteiger partial charge is 0.506 e. The molecule has 108 valence electrons. The minimum atomic E-state index is -0.300. The predicted octanol–water partition coefficient (Wildman–Crippen LogP) is 4.29. The van der Waals surface area contributed by atoms with Crippen LogP contribution >= 0.6 is 54.5 Å². The van der Waals surface area contributed by atoms with Crippen LogP contribution < -0.4 is 5.43 Å². The van der Waals surface area contributed by atoms with Gasteiger partial charge < -0.3 is 5.11 Å². The highest BCUT2D eigenvalue weighted by Crippen LogP contribution is 2.29. The Kier molecular flexibility index (Phi) is 5.77. The van der Waals surface area contributed by atoms with E-state index in [1.807, 2.05) is 28.7 Å². The number of rotatable bonds is 3. The molecule has 2 aromatic rings. The normalized spacial score (nSPS) is 10.8. The number of hydrogen-bond acceptors (Lipinski definition) is 3. The Bertz CT molecular complexity index is 697. The highest BCUT2D eigenvalue weighted by molar-refractivity contribution is 14.1. The van der Waals surface area contributed by atoms with E-state index in [0.717, 1.165) is 5.56 Å². The maximum absolute atomic E-state index is 11.9. The summed E-state index contributed by atoms with van der Waals surface area (Å²) in [6.07, 6.45) is 1.51. The molecule has 0 aliphatic heterocycles. The first kappa shape index (κ1) is 16.4. The van der Waals surface area contributed by atoms with Crippen molar-refractivity contribution in [1.82, 2.24) is 5.43 Å². The topological polar surface area (TPSA) is 61.7 Å². The number of hydrazone groups is 1. The predicted molar refractivity (Wildman–Crippen MR) is 97.7 cm³/mol. The summed E-state index contributed by atoms with van der Waals surface area (Å²) in [5.41, 5.74) is 3.73. The molecule has 7 heteroatoms. The van der Waals surface area contributed by atoms with Gasteiger partial charge in [-0.3, -0.25) is 4.79 Å². The third-order valence-electron chi connectivity index (χ3n) is 2.54. The number of carbonyl (C=O) groups excluding carboxylic acids is 1. The monoisotopic (exact) mass is 522 g/mol. The van der Waals surface area contributed by atoms with Gasteiger partial charge in [0, 0.05) is 4.47 Å². The van der Waals surface area contributed by atoms with E-state index in [4.69, 9.17) is 0 Å². The number of aromatic hydroxyl groups is 1. The zero-order valence-electron chi connectivity index (χ0n) is 10.5. The van der Waals surface area contributed by atoms with Crippen molar-refractivity contribution in [2.24, 2.45) is 5.10 Å². The summed E-state index contributed by atoms with van der Waals surface area (Å²) in [4.78, 5) is 11.9. The lowest BCUT2D eigenvalue weighted by Crippen LogP contribution is -2.18. The number of benzene rings is 2. The van der Waals surface area contributed by atoms with Gasteiger partial charge in [0.2, 0.25) is 0 Å². The summed E-state index contributed by atoms with van der Waals surface area (Å²) >= 11 is 8.59. The van der Waals surface area contributed by atoms with Crippen molar-refractivity contribution in [3.8, 4) is 5.75 Å². The zero-order valence-corrected chi connectivity index (χ0v) is 15.8. The number of amides is 1. The fourth-order valence-corrected chi connectivity index (χ4v) is 3.49. The first-order valence-electron chi connectivity index (χ1n) is 5.75. The molecule has 1 amide bonds. The van der Waals surface area contributed by atoms with Gasteiger partial charge in [-0.25, -0.2) is 5.43 Å². The molecule has 0 atom stereocenters. The van der Waals surface area contributed by atoms with Gasteiger partial charge in [0.25, 0.3) is 5.91 Å². The zero-order chi connectivity index (χ0) is 15.4. The summed E-state index contributed by atoms with van der Waals surface area (Å²) in [6.45, 7) is 0. The Morgan fingerprint density at radius 2 is 1.95 bits per heavy atom. The van der Waals surface area contributed by atoms with Crippen molar-refractivity contribution in [3.63, 3.8) is 0 Å². The summed E-state index contributed by atoms with van der Waals surface area (Å²) < 4.78 is 1.98. The van der Waals surface area contributed by atoms with E-state index in [-0.39, 0.29) is 11.7 Å². The maximum Gasteiger partial charge on any atom is 0.272 e. The van der Waals surface area contributed by atoms with Gasteiger partial charge in [0.1, 0.15) is 5.75 Å². The van der Waals surface area contributed by atoms with E-state index in [0.29, 0.717) is 18.1 Å². The van der Waals surface area contributed by atoms with Crippen LogP contribution in [0.25, 0.3) is 0 Å². The van der Waals surface area contributed by atoms with Crippen LogP contribution in [0.5, 0.6) is 5.75 Å². The van der Waals surface area contributed by atoms with Gasteiger partial charge in [0.15, 0.2) is 0 Å². The van der Waals surface area contributed by atoms with Crippen molar-refractivity contribution >= 4 is 66.6 Å². The molecule has 0 heterocycles. The van der Waals surface area contributed by atoms with Crippen molar-refractivity contribution in [2.45, 2.75) is 0 Å². The molecule has 0 spiro atoms. The minimum absolute atomic E-state index is 0.185. The quantitative estimate of drug-likeness (QED) is 0.358. The van der Waals surface area contributed by atoms with Crippen molar-refractivity contribution < 1.29 is 9.90 Å². The number of nitrogens with one attached hydrogen (secondary N) is 1. The minimum Gasteiger partial charge on any atom is -0.506 e. The Labute approximate surface area is 152 Å². The number of nitrogens with zero attached hydrogens (tertiary/aromatic N) is 1. The van der Waals surface area contributed by atoms with Gasteiger partial charge in [-0.1, -0.05) is 12.1 Å². The van der Waals surface area contributed by atoms with Crippen LogP contribution in [0, 0.1) is 3.57 Å². The summed E-state index contributed by atoms with van der Waals surface area (Å²) in [6, 6.07) is 10.6.